The van der Waals surface area contributed by atoms with E-state index in [1.807, 2.05) is 6.20 Å². The molecule has 0 fully saturated rings. The quantitative estimate of drug-likeness (QED) is 0.144. The van der Waals surface area contributed by atoms with Crippen molar-refractivity contribution in [2.75, 3.05) is 16.5 Å². The first-order valence-electron chi connectivity index (χ1n) is 25.4. The molecule has 14 rings (SSSR count). The summed E-state index contributed by atoms with van der Waals surface area (Å²) in [6.07, 6.45) is 5.37. The van der Waals surface area contributed by atoms with Gasteiger partial charge >= 0.3 is 0 Å². The highest BCUT2D eigenvalue weighted by atomic mass is 16.5. The lowest BCUT2D eigenvalue weighted by Gasteiger charge is -2.27. The summed E-state index contributed by atoms with van der Waals surface area (Å²) < 4.78 is 11.6. The first kappa shape index (κ1) is 42.7. The molecule has 0 saturated carbocycles. The molecule has 0 saturated heterocycles. The number of aryl methyl sites for hydroxylation is 3. The van der Waals surface area contributed by atoms with Crippen molar-refractivity contribution >= 4 is 55.6 Å². The van der Waals surface area contributed by atoms with E-state index >= 15 is 0 Å². The maximum Gasteiger partial charge on any atom is 0.137 e. The Bertz CT molecular complexity index is 4010. The van der Waals surface area contributed by atoms with Crippen molar-refractivity contribution in [2.24, 2.45) is 0 Å². The van der Waals surface area contributed by atoms with Crippen LogP contribution in [-0.2, 0) is 13.0 Å². The topological polar surface area (TPSA) is 51.4 Å². The summed E-state index contributed by atoms with van der Waals surface area (Å²) in [5, 5.41) is 2.31. The Hall–Kier alpha value is -9.20. The van der Waals surface area contributed by atoms with Crippen LogP contribution in [-0.4, -0.2) is 25.8 Å². The van der Waals surface area contributed by atoms with Gasteiger partial charge in [-0.3, -0.25) is 4.57 Å². The third kappa shape index (κ3) is 7.34. The monoisotopic (exact) mass is 942 g/mol. The molecule has 2 aliphatic heterocycles. The third-order valence-electron chi connectivity index (χ3n) is 14.9. The van der Waals surface area contributed by atoms with Crippen LogP contribution in [0.4, 0.5) is 22.7 Å². The third-order valence-corrected chi connectivity index (χ3v) is 14.9. The second kappa shape index (κ2) is 17.6. The summed E-state index contributed by atoms with van der Waals surface area (Å²) in [6, 6.07) is 78.0. The van der Waals surface area contributed by atoms with Crippen molar-refractivity contribution in [3.8, 4) is 61.8 Å². The van der Waals surface area contributed by atoms with Gasteiger partial charge in [0.25, 0.3) is 0 Å². The van der Waals surface area contributed by atoms with Gasteiger partial charge < -0.3 is 19.1 Å². The van der Waals surface area contributed by atoms with E-state index in [2.05, 4.69) is 244 Å². The maximum atomic E-state index is 6.92. The standard InChI is InChI=1S/C66H50N6O/c1-44-37-65(67-42-57(44)54-28-12-11-27-51(54)45-19-5-2-6-20-45)72-59-32-14-13-29-55(59)56-35-34-50(39-60(56)72)73-49-26-17-25-48(38-49)70-43-71(63-41-61-58(40-62(63)70)68-64-33-15-16-36-69(61)64)66-52(46-21-7-3-8-22-46)30-18-31-53(66)47-23-9-4-10-24-47/h2-14,17-32,34-35,37-42H,15-16,33,36,43H2,1H3. The van der Waals surface area contributed by atoms with Crippen molar-refractivity contribution in [3.63, 3.8) is 0 Å². The van der Waals surface area contributed by atoms with E-state index in [0.717, 1.165) is 97.8 Å². The molecule has 9 aromatic carbocycles. The molecule has 7 heteroatoms. The highest BCUT2D eigenvalue weighted by Crippen LogP contribution is 2.52. The smallest absolute Gasteiger partial charge is 0.137 e. The van der Waals surface area contributed by atoms with Crippen LogP contribution < -0.4 is 14.5 Å². The number of nitrogens with zero attached hydrogens (tertiary/aromatic N) is 6. The maximum absolute atomic E-state index is 6.92. The highest BCUT2D eigenvalue weighted by molar-refractivity contribution is 6.09. The van der Waals surface area contributed by atoms with E-state index in [4.69, 9.17) is 14.7 Å². The molecule has 0 amide bonds. The number of ether oxygens (including phenoxy) is 1. The molecule has 0 unspecified atom stereocenters. The number of hydrogen-bond acceptors (Lipinski definition) is 5. The Morgan fingerprint density at radius 1 is 0.466 bits per heavy atom. The summed E-state index contributed by atoms with van der Waals surface area (Å²) >= 11 is 0. The lowest BCUT2D eigenvalue weighted by atomic mass is 9.93. The predicted molar refractivity (Wildman–Crippen MR) is 300 cm³/mol. The average Bonchev–Trinajstić information content (AvgIpc) is 4.13. The molecule has 0 bridgehead atoms. The van der Waals surface area contributed by atoms with Gasteiger partial charge in [-0.25, -0.2) is 9.97 Å². The lowest BCUT2D eigenvalue weighted by molar-refractivity contribution is 0.483. The van der Waals surface area contributed by atoms with Crippen molar-refractivity contribution in [2.45, 2.75) is 32.7 Å². The number of aromatic nitrogens is 4. The molecule has 12 aromatic rings. The molecule has 2 aliphatic rings. The van der Waals surface area contributed by atoms with Gasteiger partial charge in [-0.05, 0) is 102 Å². The predicted octanol–water partition coefficient (Wildman–Crippen LogP) is 16.9. The van der Waals surface area contributed by atoms with E-state index in [1.165, 1.54) is 56.8 Å². The van der Waals surface area contributed by atoms with E-state index in [0.29, 0.717) is 6.67 Å². The summed E-state index contributed by atoms with van der Waals surface area (Å²) in [6.45, 7) is 3.77. The molecule has 350 valence electrons. The van der Waals surface area contributed by atoms with Crippen LogP contribution in [0.1, 0.15) is 24.2 Å². The number of imidazole rings is 1. The van der Waals surface area contributed by atoms with Crippen molar-refractivity contribution < 1.29 is 4.74 Å². The van der Waals surface area contributed by atoms with Gasteiger partial charge in [0.15, 0.2) is 0 Å². The molecular weight excluding hydrogens is 893 g/mol. The fourth-order valence-electron chi connectivity index (χ4n) is 11.5. The molecule has 5 heterocycles. The largest absolute Gasteiger partial charge is 0.457 e. The van der Waals surface area contributed by atoms with Gasteiger partial charge in [0.2, 0.25) is 0 Å². The SMILES string of the molecule is Cc1cc(-n2c3ccccc3c3ccc(Oc4cccc(N5CN(c6c(-c7ccccc7)cccc6-c6ccccc6)c6cc7c(cc65)nc5n7CCCC5)c4)cc32)ncc1-c1ccccc1-c1ccccc1. The molecular formula is C66H50N6O. The minimum absolute atomic E-state index is 0.594. The molecule has 0 N–H and O–H groups in total. The van der Waals surface area contributed by atoms with E-state index in [-0.39, 0.29) is 0 Å². The lowest BCUT2D eigenvalue weighted by Crippen LogP contribution is -2.25. The first-order chi connectivity index (χ1) is 36.1. The van der Waals surface area contributed by atoms with Gasteiger partial charge in [0.05, 0.1) is 39.1 Å². The van der Waals surface area contributed by atoms with Gasteiger partial charge in [0.1, 0.15) is 29.8 Å². The van der Waals surface area contributed by atoms with Gasteiger partial charge in [-0.2, -0.15) is 0 Å². The normalized spacial score (nSPS) is 13.2. The van der Waals surface area contributed by atoms with Crippen molar-refractivity contribution in [1.82, 2.24) is 19.1 Å². The zero-order valence-electron chi connectivity index (χ0n) is 40.5. The van der Waals surface area contributed by atoms with E-state index in [1.54, 1.807) is 0 Å². The van der Waals surface area contributed by atoms with E-state index < -0.39 is 0 Å². The minimum Gasteiger partial charge on any atom is -0.457 e. The first-order valence-corrected chi connectivity index (χ1v) is 25.4. The van der Waals surface area contributed by atoms with E-state index in [9.17, 15) is 0 Å². The Morgan fingerprint density at radius 3 is 1.85 bits per heavy atom. The van der Waals surface area contributed by atoms with Crippen LogP contribution in [0.5, 0.6) is 11.5 Å². The van der Waals surface area contributed by atoms with Crippen LogP contribution in [0.25, 0.3) is 83.2 Å². The number of para-hydroxylation sites is 2. The summed E-state index contributed by atoms with van der Waals surface area (Å²) in [7, 11) is 0. The Morgan fingerprint density at radius 2 is 1.10 bits per heavy atom. The Labute approximate surface area is 424 Å². The van der Waals surface area contributed by atoms with Crippen molar-refractivity contribution in [1.29, 1.82) is 0 Å². The molecule has 0 spiro atoms. The van der Waals surface area contributed by atoms with Crippen LogP contribution in [0.3, 0.4) is 0 Å². The zero-order chi connectivity index (χ0) is 48.4. The molecule has 7 nitrogen and oxygen atoms in total. The van der Waals surface area contributed by atoms with Crippen LogP contribution in [0.2, 0.25) is 0 Å². The second-order valence-electron chi connectivity index (χ2n) is 19.3. The number of pyridine rings is 1. The van der Waals surface area contributed by atoms with Crippen LogP contribution in [0, 0.1) is 6.92 Å². The highest BCUT2D eigenvalue weighted by Gasteiger charge is 2.33. The molecule has 0 aliphatic carbocycles. The fraction of sp³-hybridized carbons (Fsp3) is 0.0909. The fourth-order valence-corrected chi connectivity index (χ4v) is 11.5. The molecule has 3 aromatic heterocycles. The molecule has 0 atom stereocenters. The summed E-state index contributed by atoms with van der Waals surface area (Å²) in [5.41, 5.74) is 19.4. The summed E-state index contributed by atoms with van der Waals surface area (Å²) in [5.74, 6) is 3.54. The number of hydrogen-bond donors (Lipinski definition) is 0. The second-order valence-corrected chi connectivity index (χ2v) is 19.3. The number of rotatable bonds is 9. The zero-order valence-corrected chi connectivity index (χ0v) is 40.5. The Balaban J connectivity index is 0.856. The number of benzene rings is 9. The van der Waals surface area contributed by atoms with Crippen LogP contribution in [0.15, 0.2) is 225 Å². The van der Waals surface area contributed by atoms with Gasteiger partial charge in [0, 0.05) is 64.4 Å². The molecule has 0 radical (unpaired) electrons. The van der Waals surface area contributed by atoms with Crippen molar-refractivity contribution in [3.05, 3.63) is 236 Å². The minimum atomic E-state index is 0.594. The summed E-state index contributed by atoms with van der Waals surface area (Å²) in [4.78, 5) is 15.4. The Kier molecular flexibility index (Phi) is 10.3. The number of fused-ring (bicyclic) bond motifs is 7. The van der Waals surface area contributed by atoms with Gasteiger partial charge in [-0.1, -0.05) is 158 Å². The average molecular weight is 943 g/mol. The number of anilines is 4. The molecule has 73 heavy (non-hydrogen) atoms. The van der Waals surface area contributed by atoms with Crippen LogP contribution >= 0.6 is 0 Å². The van der Waals surface area contributed by atoms with Gasteiger partial charge in [-0.15, -0.1) is 0 Å².